The average Bonchev–Trinajstić information content (AvgIpc) is 2.57. The summed E-state index contributed by atoms with van der Waals surface area (Å²) in [7, 11) is 0. The maximum absolute atomic E-state index is 12.4. The van der Waals surface area contributed by atoms with Gasteiger partial charge < -0.3 is 10.2 Å². The number of hydrogen-bond acceptors (Lipinski definition) is 4. The van der Waals surface area contributed by atoms with Crippen LogP contribution in [0.25, 0.3) is 0 Å². The Balaban J connectivity index is 1.47. The molecule has 2 aliphatic rings. The molecule has 2 aliphatic heterocycles. The van der Waals surface area contributed by atoms with Gasteiger partial charge in [0, 0.05) is 50.8 Å². The topological polar surface area (TPSA) is 35.6 Å². The van der Waals surface area contributed by atoms with Crippen molar-refractivity contribution in [2.24, 2.45) is 0 Å². The van der Waals surface area contributed by atoms with Crippen LogP contribution in [0.15, 0.2) is 30.3 Å². The highest BCUT2D eigenvalue weighted by molar-refractivity contribution is 7.99. The molecule has 1 aromatic rings. The van der Waals surface area contributed by atoms with E-state index in [0.717, 1.165) is 50.8 Å². The lowest BCUT2D eigenvalue weighted by molar-refractivity contribution is -0.134. The van der Waals surface area contributed by atoms with E-state index in [1.807, 2.05) is 16.7 Å². The Labute approximate surface area is 130 Å². The van der Waals surface area contributed by atoms with Crippen molar-refractivity contribution in [1.82, 2.24) is 15.1 Å². The van der Waals surface area contributed by atoms with Gasteiger partial charge in [0.25, 0.3) is 0 Å². The predicted octanol–water partition coefficient (Wildman–Crippen LogP) is 1.04. The highest BCUT2D eigenvalue weighted by Crippen LogP contribution is 2.13. The number of piperazine rings is 1. The minimum Gasteiger partial charge on any atom is -0.339 e. The number of thioether (sulfide) groups is 1. The quantitative estimate of drug-likeness (QED) is 0.905. The molecule has 114 valence electrons. The monoisotopic (exact) mass is 305 g/mol. The van der Waals surface area contributed by atoms with E-state index in [1.165, 1.54) is 5.56 Å². The second-order valence-electron chi connectivity index (χ2n) is 5.67. The molecule has 5 heteroatoms. The van der Waals surface area contributed by atoms with Crippen molar-refractivity contribution < 1.29 is 4.79 Å². The minimum absolute atomic E-state index is 0.0319. The van der Waals surface area contributed by atoms with Gasteiger partial charge in [-0.2, -0.15) is 11.8 Å². The Morgan fingerprint density at radius 3 is 2.62 bits per heavy atom. The van der Waals surface area contributed by atoms with Crippen LogP contribution in [0.5, 0.6) is 0 Å². The van der Waals surface area contributed by atoms with Crippen LogP contribution in [0.3, 0.4) is 0 Å². The third-order valence-electron chi connectivity index (χ3n) is 4.15. The lowest BCUT2D eigenvalue weighted by Crippen LogP contribution is -2.55. The Hall–Kier alpha value is -1.04. The molecule has 1 amide bonds. The first-order valence-corrected chi connectivity index (χ1v) is 8.84. The summed E-state index contributed by atoms with van der Waals surface area (Å²) >= 11 is 1.88. The number of amides is 1. The van der Waals surface area contributed by atoms with Gasteiger partial charge in [0.1, 0.15) is 0 Å². The molecular weight excluding hydrogens is 282 g/mol. The maximum atomic E-state index is 12.4. The van der Waals surface area contributed by atoms with Crippen LogP contribution in [-0.4, -0.2) is 66.0 Å². The molecular formula is C16H23N3OS. The van der Waals surface area contributed by atoms with Gasteiger partial charge in [0.15, 0.2) is 0 Å². The maximum Gasteiger partial charge on any atom is 0.240 e. The molecule has 0 radical (unpaired) electrons. The molecule has 1 aromatic carbocycles. The molecule has 2 heterocycles. The molecule has 4 nitrogen and oxygen atoms in total. The van der Waals surface area contributed by atoms with Crippen LogP contribution in [0.2, 0.25) is 0 Å². The van der Waals surface area contributed by atoms with Crippen LogP contribution in [0.4, 0.5) is 0 Å². The molecule has 1 N–H and O–H groups in total. The van der Waals surface area contributed by atoms with Gasteiger partial charge in [-0.25, -0.2) is 0 Å². The molecule has 3 rings (SSSR count). The molecule has 1 atom stereocenters. The Bertz CT molecular complexity index is 454. The molecule has 2 fully saturated rings. The van der Waals surface area contributed by atoms with E-state index in [2.05, 4.69) is 40.5 Å². The highest BCUT2D eigenvalue weighted by atomic mass is 32.2. The van der Waals surface area contributed by atoms with Crippen molar-refractivity contribution in [1.29, 1.82) is 0 Å². The third-order valence-corrected chi connectivity index (χ3v) is 5.21. The summed E-state index contributed by atoms with van der Waals surface area (Å²) in [5, 5.41) is 3.34. The minimum atomic E-state index is 0.0319. The van der Waals surface area contributed by atoms with Gasteiger partial charge in [0.05, 0.1) is 6.04 Å². The number of benzene rings is 1. The number of hydrogen-bond donors (Lipinski definition) is 1. The van der Waals surface area contributed by atoms with E-state index in [-0.39, 0.29) is 6.04 Å². The van der Waals surface area contributed by atoms with Crippen molar-refractivity contribution in [2.75, 3.05) is 44.2 Å². The highest BCUT2D eigenvalue weighted by Gasteiger charge is 2.28. The summed E-state index contributed by atoms with van der Waals surface area (Å²) in [4.78, 5) is 16.9. The first-order valence-electron chi connectivity index (χ1n) is 7.69. The number of carbonyl (C=O) groups excluding carboxylic acids is 1. The first kappa shape index (κ1) is 14.9. The van der Waals surface area contributed by atoms with E-state index in [0.29, 0.717) is 5.91 Å². The van der Waals surface area contributed by atoms with Crippen LogP contribution < -0.4 is 5.32 Å². The Morgan fingerprint density at radius 1 is 1.19 bits per heavy atom. The fourth-order valence-corrected chi connectivity index (χ4v) is 3.84. The van der Waals surface area contributed by atoms with Crippen LogP contribution in [0.1, 0.15) is 5.56 Å². The fourth-order valence-electron chi connectivity index (χ4n) is 2.91. The fraction of sp³-hybridized carbons (Fsp3) is 0.562. The second kappa shape index (κ2) is 7.29. The molecule has 1 unspecified atom stereocenters. The predicted molar refractivity (Wildman–Crippen MR) is 87.4 cm³/mol. The van der Waals surface area contributed by atoms with Crippen molar-refractivity contribution in [2.45, 2.75) is 12.6 Å². The molecule has 2 saturated heterocycles. The van der Waals surface area contributed by atoms with Crippen molar-refractivity contribution in [3.63, 3.8) is 0 Å². The zero-order valence-corrected chi connectivity index (χ0v) is 13.1. The summed E-state index contributed by atoms with van der Waals surface area (Å²) in [5.74, 6) is 2.33. The molecule has 0 aliphatic carbocycles. The van der Waals surface area contributed by atoms with Gasteiger partial charge in [-0.05, 0) is 5.56 Å². The van der Waals surface area contributed by atoms with Crippen LogP contribution in [-0.2, 0) is 11.3 Å². The van der Waals surface area contributed by atoms with E-state index < -0.39 is 0 Å². The van der Waals surface area contributed by atoms with Crippen molar-refractivity contribution in [3.8, 4) is 0 Å². The van der Waals surface area contributed by atoms with Crippen LogP contribution >= 0.6 is 11.8 Å². The Kier molecular flexibility index (Phi) is 5.17. The van der Waals surface area contributed by atoms with E-state index >= 15 is 0 Å². The number of carbonyl (C=O) groups is 1. The SMILES string of the molecule is O=C(C1CSCCN1)N1CCN(Cc2ccccc2)CC1. The smallest absolute Gasteiger partial charge is 0.240 e. The van der Waals surface area contributed by atoms with E-state index in [1.54, 1.807) is 0 Å². The summed E-state index contributed by atoms with van der Waals surface area (Å²) in [6, 6.07) is 10.6. The van der Waals surface area contributed by atoms with E-state index in [4.69, 9.17) is 0 Å². The van der Waals surface area contributed by atoms with Gasteiger partial charge in [-0.15, -0.1) is 0 Å². The molecule has 21 heavy (non-hydrogen) atoms. The van der Waals surface area contributed by atoms with Gasteiger partial charge >= 0.3 is 0 Å². The largest absolute Gasteiger partial charge is 0.339 e. The zero-order chi connectivity index (χ0) is 14.5. The average molecular weight is 305 g/mol. The molecule has 0 bridgehead atoms. The lowest BCUT2D eigenvalue weighted by Gasteiger charge is -2.37. The number of rotatable bonds is 3. The molecule has 0 spiro atoms. The second-order valence-corrected chi connectivity index (χ2v) is 6.82. The number of nitrogens with one attached hydrogen (secondary N) is 1. The van der Waals surface area contributed by atoms with E-state index in [9.17, 15) is 4.79 Å². The Morgan fingerprint density at radius 2 is 1.95 bits per heavy atom. The van der Waals surface area contributed by atoms with Gasteiger partial charge in [0.2, 0.25) is 5.91 Å². The molecule has 0 saturated carbocycles. The lowest BCUT2D eigenvalue weighted by atomic mass is 10.2. The summed E-state index contributed by atoms with van der Waals surface area (Å²) < 4.78 is 0. The first-order chi connectivity index (χ1) is 10.3. The summed E-state index contributed by atoms with van der Waals surface area (Å²) in [6.07, 6.45) is 0. The van der Waals surface area contributed by atoms with Crippen molar-refractivity contribution in [3.05, 3.63) is 35.9 Å². The van der Waals surface area contributed by atoms with Gasteiger partial charge in [-0.1, -0.05) is 30.3 Å². The zero-order valence-electron chi connectivity index (χ0n) is 12.3. The number of nitrogens with zero attached hydrogens (tertiary/aromatic N) is 2. The summed E-state index contributed by atoms with van der Waals surface area (Å²) in [6.45, 7) is 5.60. The standard InChI is InChI=1S/C16H23N3OS/c20-16(15-13-21-11-6-17-15)19-9-7-18(8-10-19)12-14-4-2-1-3-5-14/h1-5,15,17H,6-13H2. The van der Waals surface area contributed by atoms with Gasteiger partial charge in [-0.3, -0.25) is 9.69 Å². The molecule has 0 aromatic heterocycles. The normalized spacial score (nSPS) is 24.0. The third kappa shape index (κ3) is 3.99. The summed E-state index contributed by atoms with van der Waals surface area (Å²) in [5.41, 5.74) is 1.35. The van der Waals surface area contributed by atoms with Crippen LogP contribution in [0, 0.1) is 0 Å². The van der Waals surface area contributed by atoms with Crippen molar-refractivity contribution >= 4 is 17.7 Å².